The fourth-order valence-electron chi connectivity index (χ4n) is 2.72. The minimum Gasteiger partial charge on any atom is -0.384 e. The van der Waals surface area contributed by atoms with Gasteiger partial charge in [0.15, 0.2) is 0 Å². The fourth-order valence-corrected chi connectivity index (χ4v) is 2.72. The van der Waals surface area contributed by atoms with Crippen LogP contribution in [0.3, 0.4) is 0 Å². The van der Waals surface area contributed by atoms with Crippen molar-refractivity contribution in [2.24, 2.45) is 0 Å². The Morgan fingerprint density at radius 1 is 1.06 bits per heavy atom. The third-order valence-corrected chi connectivity index (χ3v) is 4.08. The maximum absolute atomic E-state index is 3.66. The van der Waals surface area contributed by atoms with Crippen LogP contribution >= 0.6 is 0 Å². The molecule has 1 fully saturated rings. The number of anilines is 1. The summed E-state index contributed by atoms with van der Waals surface area (Å²) in [6, 6.07) is 7.22. The lowest BCUT2D eigenvalue weighted by molar-refractivity contribution is 0.378. The van der Waals surface area contributed by atoms with E-state index in [0.29, 0.717) is 0 Å². The molecule has 0 aromatic heterocycles. The molecule has 1 aliphatic carbocycles. The number of benzene rings is 1. The highest BCUT2D eigenvalue weighted by atomic mass is 15.0. The molecule has 0 heterocycles. The Balaban J connectivity index is 1.70. The largest absolute Gasteiger partial charge is 0.384 e. The molecule has 2 N–H and O–H groups in total. The first-order chi connectivity index (χ1) is 8.77. The van der Waals surface area contributed by atoms with Crippen LogP contribution in [0.5, 0.6) is 0 Å². The molecule has 1 aromatic carbocycles. The van der Waals surface area contributed by atoms with Gasteiger partial charge in [-0.1, -0.05) is 31.4 Å². The van der Waals surface area contributed by atoms with Gasteiger partial charge in [0.05, 0.1) is 0 Å². The van der Waals surface area contributed by atoms with Gasteiger partial charge < -0.3 is 10.6 Å². The summed E-state index contributed by atoms with van der Waals surface area (Å²) in [4.78, 5) is 0. The van der Waals surface area contributed by atoms with E-state index < -0.39 is 0 Å². The SMILES string of the molecule is Cc1cccc(NCCNC2CCCCC2)c1C. The number of nitrogens with one attached hydrogen (secondary N) is 2. The molecule has 18 heavy (non-hydrogen) atoms. The van der Waals surface area contributed by atoms with Crippen molar-refractivity contribution in [3.05, 3.63) is 29.3 Å². The summed E-state index contributed by atoms with van der Waals surface area (Å²) in [5, 5.41) is 7.19. The predicted octanol–water partition coefficient (Wildman–Crippen LogP) is 3.64. The topological polar surface area (TPSA) is 24.1 Å². The van der Waals surface area contributed by atoms with Gasteiger partial charge >= 0.3 is 0 Å². The summed E-state index contributed by atoms with van der Waals surface area (Å²) in [6.07, 6.45) is 6.97. The summed E-state index contributed by atoms with van der Waals surface area (Å²) >= 11 is 0. The lowest BCUT2D eigenvalue weighted by Gasteiger charge is -2.23. The molecule has 0 spiro atoms. The highest BCUT2D eigenvalue weighted by Crippen LogP contribution is 2.18. The number of aryl methyl sites for hydroxylation is 1. The summed E-state index contributed by atoms with van der Waals surface area (Å²) in [5.74, 6) is 0. The van der Waals surface area contributed by atoms with Crippen molar-refractivity contribution in [3.8, 4) is 0 Å². The third kappa shape index (κ3) is 3.74. The van der Waals surface area contributed by atoms with Crippen molar-refractivity contribution in [3.63, 3.8) is 0 Å². The van der Waals surface area contributed by atoms with Crippen LogP contribution in [0.15, 0.2) is 18.2 Å². The maximum atomic E-state index is 3.66. The summed E-state index contributed by atoms with van der Waals surface area (Å²) in [5.41, 5.74) is 4.01. The second kappa shape index (κ2) is 6.79. The smallest absolute Gasteiger partial charge is 0.0372 e. The molecular formula is C16H26N2. The van der Waals surface area contributed by atoms with E-state index in [2.05, 4.69) is 42.7 Å². The molecule has 0 amide bonds. The van der Waals surface area contributed by atoms with E-state index in [-0.39, 0.29) is 0 Å². The van der Waals surface area contributed by atoms with E-state index in [1.165, 1.54) is 48.9 Å². The third-order valence-electron chi connectivity index (χ3n) is 4.08. The molecule has 1 saturated carbocycles. The highest BCUT2D eigenvalue weighted by molar-refractivity contribution is 5.53. The van der Waals surface area contributed by atoms with E-state index in [0.717, 1.165) is 19.1 Å². The van der Waals surface area contributed by atoms with Gasteiger partial charge in [0, 0.05) is 24.8 Å². The van der Waals surface area contributed by atoms with Crippen LogP contribution in [-0.4, -0.2) is 19.1 Å². The van der Waals surface area contributed by atoms with Gasteiger partial charge in [-0.25, -0.2) is 0 Å². The summed E-state index contributed by atoms with van der Waals surface area (Å²) < 4.78 is 0. The Morgan fingerprint density at radius 3 is 2.61 bits per heavy atom. The van der Waals surface area contributed by atoms with Crippen molar-refractivity contribution in [2.75, 3.05) is 18.4 Å². The normalized spacial score (nSPS) is 16.8. The second-order valence-corrected chi connectivity index (χ2v) is 5.46. The Bertz CT molecular complexity index is 367. The lowest BCUT2D eigenvalue weighted by Crippen LogP contribution is -2.34. The van der Waals surface area contributed by atoms with Gasteiger partial charge in [-0.15, -0.1) is 0 Å². The minimum absolute atomic E-state index is 0.763. The average molecular weight is 246 g/mol. The van der Waals surface area contributed by atoms with Gasteiger partial charge in [-0.2, -0.15) is 0 Å². The molecule has 2 heteroatoms. The highest BCUT2D eigenvalue weighted by Gasteiger charge is 2.11. The molecule has 0 atom stereocenters. The monoisotopic (exact) mass is 246 g/mol. The minimum atomic E-state index is 0.763. The molecule has 2 nitrogen and oxygen atoms in total. The van der Waals surface area contributed by atoms with Crippen molar-refractivity contribution in [2.45, 2.75) is 52.0 Å². The Hall–Kier alpha value is -1.02. The standard InChI is InChI=1S/C16H26N2/c1-13-7-6-10-16(14(13)2)18-12-11-17-15-8-4-3-5-9-15/h6-7,10,15,17-18H,3-5,8-9,11-12H2,1-2H3. The zero-order chi connectivity index (χ0) is 12.8. The number of hydrogen-bond donors (Lipinski definition) is 2. The van der Waals surface area contributed by atoms with E-state index in [1.54, 1.807) is 0 Å². The molecule has 0 bridgehead atoms. The van der Waals surface area contributed by atoms with E-state index in [1.807, 2.05) is 0 Å². The van der Waals surface area contributed by atoms with Crippen molar-refractivity contribution < 1.29 is 0 Å². The number of hydrogen-bond acceptors (Lipinski definition) is 2. The molecule has 0 aliphatic heterocycles. The van der Waals surface area contributed by atoms with Crippen LogP contribution in [0.2, 0.25) is 0 Å². The van der Waals surface area contributed by atoms with Crippen LogP contribution in [0.1, 0.15) is 43.2 Å². The van der Waals surface area contributed by atoms with Gasteiger partial charge in [0.1, 0.15) is 0 Å². The molecule has 1 aromatic rings. The fraction of sp³-hybridized carbons (Fsp3) is 0.625. The van der Waals surface area contributed by atoms with Gasteiger partial charge in [-0.3, -0.25) is 0 Å². The van der Waals surface area contributed by atoms with E-state index in [9.17, 15) is 0 Å². The van der Waals surface area contributed by atoms with Gasteiger partial charge in [0.2, 0.25) is 0 Å². The zero-order valence-electron chi connectivity index (χ0n) is 11.8. The quantitative estimate of drug-likeness (QED) is 0.775. The van der Waals surface area contributed by atoms with Crippen molar-refractivity contribution in [1.29, 1.82) is 0 Å². The van der Waals surface area contributed by atoms with Gasteiger partial charge in [-0.05, 0) is 43.9 Å². The molecule has 100 valence electrons. The second-order valence-electron chi connectivity index (χ2n) is 5.46. The Kier molecular flexibility index (Phi) is 5.06. The molecule has 0 radical (unpaired) electrons. The van der Waals surface area contributed by atoms with E-state index in [4.69, 9.17) is 0 Å². The Morgan fingerprint density at radius 2 is 1.83 bits per heavy atom. The van der Waals surface area contributed by atoms with Crippen LogP contribution < -0.4 is 10.6 Å². The van der Waals surface area contributed by atoms with Gasteiger partial charge in [0.25, 0.3) is 0 Å². The van der Waals surface area contributed by atoms with E-state index >= 15 is 0 Å². The first-order valence-electron chi connectivity index (χ1n) is 7.31. The summed E-state index contributed by atoms with van der Waals surface area (Å²) in [6.45, 7) is 6.44. The zero-order valence-corrected chi connectivity index (χ0v) is 11.8. The van der Waals surface area contributed by atoms with Crippen LogP contribution in [0.25, 0.3) is 0 Å². The van der Waals surface area contributed by atoms with Crippen LogP contribution in [-0.2, 0) is 0 Å². The van der Waals surface area contributed by atoms with Crippen LogP contribution in [0.4, 0.5) is 5.69 Å². The Labute approximate surface area is 111 Å². The molecule has 2 rings (SSSR count). The van der Waals surface area contributed by atoms with Crippen molar-refractivity contribution >= 4 is 5.69 Å². The first kappa shape index (κ1) is 13.4. The predicted molar refractivity (Wildman–Crippen MR) is 79.3 cm³/mol. The maximum Gasteiger partial charge on any atom is 0.0372 e. The summed E-state index contributed by atoms with van der Waals surface area (Å²) in [7, 11) is 0. The van der Waals surface area contributed by atoms with Crippen LogP contribution in [0, 0.1) is 13.8 Å². The molecule has 0 saturated heterocycles. The molecule has 1 aliphatic rings. The lowest BCUT2D eigenvalue weighted by atomic mass is 9.95. The number of rotatable bonds is 5. The first-order valence-corrected chi connectivity index (χ1v) is 7.31. The molecule has 0 unspecified atom stereocenters. The molecular weight excluding hydrogens is 220 g/mol. The average Bonchev–Trinajstić information content (AvgIpc) is 2.40. The van der Waals surface area contributed by atoms with Crippen molar-refractivity contribution in [1.82, 2.24) is 5.32 Å².